The summed E-state index contributed by atoms with van der Waals surface area (Å²) in [5, 5.41) is 5.58. The second-order valence-electron chi connectivity index (χ2n) is 3.13. The van der Waals surface area contributed by atoms with E-state index in [4.69, 9.17) is 23.8 Å². The van der Waals surface area contributed by atoms with Crippen LogP contribution in [-0.4, -0.2) is 14.8 Å². The van der Waals surface area contributed by atoms with E-state index >= 15 is 0 Å². The van der Waals surface area contributed by atoms with Crippen molar-refractivity contribution >= 4 is 23.8 Å². The molecule has 78 valence electrons. The van der Waals surface area contributed by atoms with Crippen molar-refractivity contribution in [3.63, 3.8) is 0 Å². The molecule has 1 heterocycles. The lowest BCUT2D eigenvalue weighted by Gasteiger charge is -2.02. The van der Waals surface area contributed by atoms with Crippen molar-refractivity contribution in [2.24, 2.45) is 0 Å². The third-order valence-electron chi connectivity index (χ3n) is 2.10. The zero-order valence-electron chi connectivity index (χ0n) is 7.87. The first-order chi connectivity index (χ1) is 7.09. The fourth-order valence-corrected chi connectivity index (χ4v) is 1.68. The molecule has 0 amide bonds. The lowest BCUT2D eigenvalue weighted by atomic mass is 10.2. The molecule has 0 aliphatic heterocycles. The summed E-state index contributed by atoms with van der Waals surface area (Å²) in [5.74, 6) is 0. The van der Waals surface area contributed by atoms with Crippen LogP contribution in [0.5, 0.6) is 0 Å². The maximum atomic E-state index is 11.4. The molecule has 0 bridgehead atoms. The molecule has 0 unspecified atom stereocenters. The Bertz CT molecular complexity index is 583. The number of rotatable bonds is 1. The molecule has 15 heavy (non-hydrogen) atoms. The smallest absolute Gasteiger partial charge is 0.272 e. The Morgan fingerprint density at radius 2 is 2.13 bits per heavy atom. The number of aryl methyl sites for hydroxylation is 1. The molecule has 0 radical (unpaired) electrons. The number of H-pyrrole nitrogens is 2. The number of hydrogen-bond donors (Lipinski definition) is 2. The van der Waals surface area contributed by atoms with Crippen LogP contribution in [0, 0.1) is 11.7 Å². The molecule has 0 saturated heterocycles. The number of hydrogen-bond acceptors (Lipinski definition) is 2. The summed E-state index contributed by atoms with van der Waals surface area (Å²) < 4.78 is 1.67. The molecule has 1 aromatic heterocycles. The van der Waals surface area contributed by atoms with Crippen molar-refractivity contribution in [1.82, 2.24) is 14.8 Å². The summed E-state index contributed by atoms with van der Waals surface area (Å²) in [7, 11) is 0. The predicted molar refractivity (Wildman–Crippen MR) is 61.3 cm³/mol. The molecule has 2 N–H and O–H groups in total. The van der Waals surface area contributed by atoms with Gasteiger partial charge in [-0.15, -0.1) is 0 Å². The summed E-state index contributed by atoms with van der Waals surface area (Å²) in [4.78, 5) is 11.4. The molecule has 2 aromatic rings. The maximum Gasteiger partial charge on any atom is 0.347 e. The molecule has 0 aliphatic rings. The van der Waals surface area contributed by atoms with Gasteiger partial charge in [0.25, 0.3) is 0 Å². The number of benzene rings is 1. The Labute approximate surface area is 95.5 Å². The van der Waals surface area contributed by atoms with Crippen molar-refractivity contribution in [2.45, 2.75) is 6.92 Å². The first-order valence-electron chi connectivity index (χ1n) is 4.26. The SMILES string of the molecule is Cc1ccc(-n2c(=O)[nH][nH]c2=S)cc1Cl. The molecule has 1 aromatic carbocycles. The molecule has 0 fully saturated rings. The minimum Gasteiger partial charge on any atom is -0.272 e. The Morgan fingerprint density at radius 1 is 1.40 bits per heavy atom. The van der Waals surface area contributed by atoms with Gasteiger partial charge >= 0.3 is 5.69 Å². The largest absolute Gasteiger partial charge is 0.347 e. The van der Waals surface area contributed by atoms with Gasteiger partial charge in [-0.2, -0.15) is 0 Å². The number of halogens is 1. The van der Waals surface area contributed by atoms with Gasteiger partial charge in [0.05, 0.1) is 5.69 Å². The van der Waals surface area contributed by atoms with Gasteiger partial charge in [0.2, 0.25) is 4.77 Å². The van der Waals surface area contributed by atoms with Crippen LogP contribution in [-0.2, 0) is 0 Å². The zero-order chi connectivity index (χ0) is 11.0. The van der Waals surface area contributed by atoms with Crippen LogP contribution in [0.4, 0.5) is 0 Å². The summed E-state index contributed by atoms with van der Waals surface area (Å²) in [6.45, 7) is 1.90. The minimum absolute atomic E-state index is 0.306. The van der Waals surface area contributed by atoms with E-state index < -0.39 is 0 Å². The minimum atomic E-state index is -0.306. The second-order valence-corrected chi connectivity index (χ2v) is 3.92. The second kappa shape index (κ2) is 3.67. The van der Waals surface area contributed by atoms with Crippen LogP contribution in [0.3, 0.4) is 0 Å². The van der Waals surface area contributed by atoms with Crippen molar-refractivity contribution in [3.05, 3.63) is 44.0 Å². The Hall–Kier alpha value is -1.33. The van der Waals surface area contributed by atoms with Crippen molar-refractivity contribution in [2.75, 3.05) is 0 Å². The number of nitrogens with one attached hydrogen (secondary N) is 2. The highest BCUT2D eigenvalue weighted by Gasteiger charge is 2.04. The topological polar surface area (TPSA) is 53.6 Å². The van der Waals surface area contributed by atoms with Gasteiger partial charge in [0.15, 0.2) is 0 Å². The van der Waals surface area contributed by atoms with Gasteiger partial charge in [-0.25, -0.2) is 14.5 Å². The molecule has 4 nitrogen and oxygen atoms in total. The van der Waals surface area contributed by atoms with Crippen LogP contribution in [0.25, 0.3) is 5.69 Å². The highest BCUT2D eigenvalue weighted by atomic mass is 35.5. The first-order valence-corrected chi connectivity index (χ1v) is 5.04. The number of nitrogens with zero attached hydrogens (tertiary/aromatic N) is 1. The summed E-state index contributed by atoms with van der Waals surface area (Å²) in [6.07, 6.45) is 0. The third kappa shape index (κ3) is 1.75. The lowest BCUT2D eigenvalue weighted by Crippen LogP contribution is -2.14. The Morgan fingerprint density at radius 3 is 2.67 bits per heavy atom. The van der Waals surface area contributed by atoms with Gasteiger partial charge in [-0.3, -0.25) is 5.10 Å². The summed E-state index contributed by atoms with van der Waals surface area (Å²) in [6, 6.07) is 5.34. The van der Waals surface area contributed by atoms with Gasteiger partial charge in [0, 0.05) is 5.02 Å². The van der Waals surface area contributed by atoms with E-state index in [9.17, 15) is 4.79 Å². The van der Waals surface area contributed by atoms with Gasteiger partial charge in [-0.1, -0.05) is 17.7 Å². The molecule has 6 heteroatoms. The van der Waals surface area contributed by atoms with Crippen LogP contribution in [0.15, 0.2) is 23.0 Å². The Kier molecular flexibility index (Phi) is 2.50. The third-order valence-corrected chi connectivity index (χ3v) is 2.79. The average molecular weight is 242 g/mol. The number of aromatic amines is 2. The van der Waals surface area contributed by atoms with Crippen molar-refractivity contribution in [1.29, 1.82) is 0 Å². The number of aromatic nitrogens is 3. The van der Waals surface area contributed by atoms with E-state index in [0.29, 0.717) is 15.5 Å². The van der Waals surface area contributed by atoms with E-state index in [1.54, 1.807) is 12.1 Å². The molecule has 0 saturated carbocycles. The highest BCUT2D eigenvalue weighted by molar-refractivity contribution is 7.71. The molecule has 0 spiro atoms. The summed E-state index contributed by atoms with van der Waals surface area (Å²) in [5.41, 5.74) is 1.30. The normalized spacial score (nSPS) is 10.5. The van der Waals surface area contributed by atoms with Crippen LogP contribution in [0.1, 0.15) is 5.56 Å². The van der Waals surface area contributed by atoms with Gasteiger partial charge in [-0.05, 0) is 36.8 Å². The zero-order valence-corrected chi connectivity index (χ0v) is 9.45. The van der Waals surface area contributed by atoms with E-state index in [1.807, 2.05) is 13.0 Å². The van der Waals surface area contributed by atoms with E-state index in [0.717, 1.165) is 5.56 Å². The molecular formula is C9H8ClN3OS. The molecular weight excluding hydrogens is 234 g/mol. The van der Waals surface area contributed by atoms with Crippen molar-refractivity contribution in [3.8, 4) is 5.69 Å². The summed E-state index contributed by atoms with van der Waals surface area (Å²) >= 11 is 10.9. The maximum absolute atomic E-state index is 11.4. The predicted octanol–water partition coefficient (Wildman–Crippen LogP) is 2.19. The fraction of sp³-hybridized carbons (Fsp3) is 0.111. The van der Waals surface area contributed by atoms with Crippen molar-refractivity contribution < 1.29 is 0 Å². The van der Waals surface area contributed by atoms with Crippen LogP contribution < -0.4 is 5.69 Å². The fourth-order valence-electron chi connectivity index (χ4n) is 1.27. The van der Waals surface area contributed by atoms with Gasteiger partial charge in [0.1, 0.15) is 0 Å². The van der Waals surface area contributed by atoms with Crippen LogP contribution >= 0.6 is 23.8 Å². The average Bonchev–Trinajstić information content (AvgIpc) is 2.52. The highest BCUT2D eigenvalue weighted by Crippen LogP contribution is 2.18. The monoisotopic (exact) mass is 241 g/mol. The quantitative estimate of drug-likeness (QED) is 0.752. The standard InChI is InChI=1S/C9H8ClN3OS/c1-5-2-3-6(4-7(5)10)13-8(14)11-12-9(13)15/h2-4H,1H3,(H,11,14)(H,12,15). The molecule has 0 aliphatic carbocycles. The Balaban J connectivity index is 2.70. The first kappa shape index (κ1) is 10.2. The molecule has 2 rings (SSSR count). The lowest BCUT2D eigenvalue weighted by molar-refractivity contribution is 0.974. The van der Waals surface area contributed by atoms with Gasteiger partial charge < -0.3 is 0 Å². The van der Waals surface area contributed by atoms with E-state index in [1.165, 1.54) is 4.57 Å². The molecule has 0 atom stereocenters. The van der Waals surface area contributed by atoms with E-state index in [-0.39, 0.29) is 5.69 Å². The van der Waals surface area contributed by atoms with E-state index in [2.05, 4.69) is 10.2 Å². The van der Waals surface area contributed by atoms with Crippen LogP contribution in [0.2, 0.25) is 5.02 Å².